The van der Waals surface area contributed by atoms with Crippen LogP contribution < -0.4 is 5.32 Å². The molecule has 0 aromatic carbocycles. The van der Waals surface area contributed by atoms with Crippen molar-refractivity contribution in [1.29, 1.82) is 0 Å². The highest BCUT2D eigenvalue weighted by molar-refractivity contribution is 5.02. The predicted molar refractivity (Wildman–Crippen MR) is 52.1 cm³/mol. The van der Waals surface area contributed by atoms with Gasteiger partial charge in [-0.1, -0.05) is 20.3 Å². The van der Waals surface area contributed by atoms with Crippen molar-refractivity contribution in [3.63, 3.8) is 0 Å². The third-order valence-corrected chi connectivity index (χ3v) is 4.09. The summed E-state index contributed by atoms with van der Waals surface area (Å²) in [5.74, 6) is 1.82. The minimum Gasteiger partial charge on any atom is -0.311 e. The lowest BCUT2D eigenvalue weighted by molar-refractivity contribution is 0.0991. The van der Waals surface area contributed by atoms with Crippen LogP contribution in [0.15, 0.2) is 0 Å². The minimum atomic E-state index is 0.540. The predicted octanol–water partition coefficient (Wildman–Crippen LogP) is 2.56. The SMILES string of the molecule is CC(C)C1(C2CCC2)CCCN1. The highest BCUT2D eigenvalue weighted by atomic mass is 15.0. The lowest BCUT2D eigenvalue weighted by Gasteiger charge is -2.46. The topological polar surface area (TPSA) is 12.0 Å². The fourth-order valence-corrected chi connectivity index (χ4v) is 3.03. The molecule has 0 spiro atoms. The molecule has 2 aliphatic rings. The maximum atomic E-state index is 3.77. The standard InChI is InChI=1S/C11H21N/c1-9(2)11(7-4-8-12-11)10-5-3-6-10/h9-10,12H,3-8H2,1-2H3. The van der Waals surface area contributed by atoms with Crippen molar-refractivity contribution >= 4 is 0 Å². The van der Waals surface area contributed by atoms with E-state index in [4.69, 9.17) is 0 Å². The Morgan fingerprint density at radius 2 is 2.00 bits per heavy atom. The Labute approximate surface area is 75.9 Å². The molecule has 1 aliphatic carbocycles. The molecule has 1 nitrogen and oxygen atoms in total. The summed E-state index contributed by atoms with van der Waals surface area (Å²) in [6.07, 6.45) is 7.25. The number of nitrogens with one attached hydrogen (secondary N) is 1. The van der Waals surface area contributed by atoms with Gasteiger partial charge in [-0.25, -0.2) is 0 Å². The van der Waals surface area contributed by atoms with Gasteiger partial charge in [0.15, 0.2) is 0 Å². The number of hydrogen-bond acceptors (Lipinski definition) is 1. The lowest BCUT2D eigenvalue weighted by atomic mass is 9.65. The Morgan fingerprint density at radius 3 is 2.33 bits per heavy atom. The Morgan fingerprint density at radius 1 is 1.25 bits per heavy atom. The van der Waals surface area contributed by atoms with Gasteiger partial charge in [-0.15, -0.1) is 0 Å². The van der Waals surface area contributed by atoms with Crippen LogP contribution in [0.3, 0.4) is 0 Å². The van der Waals surface area contributed by atoms with Crippen LogP contribution in [0.25, 0.3) is 0 Å². The van der Waals surface area contributed by atoms with Gasteiger partial charge in [0.25, 0.3) is 0 Å². The molecule has 0 bridgehead atoms. The zero-order chi connectivity index (χ0) is 8.60. The first kappa shape index (κ1) is 8.55. The van der Waals surface area contributed by atoms with E-state index in [1.807, 2.05) is 0 Å². The normalized spacial score (nSPS) is 37.2. The molecule has 70 valence electrons. The van der Waals surface area contributed by atoms with Gasteiger partial charge >= 0.3 is 0 Å². The maximum absolute atomic E-state index is 3.77. The zero-order valence-electron chi connectivity index (χ0n) is 8.40. The van der Waals surface area contributed by atoms with Crippen LogP contribution >= 0.6 is 0 Å². The molecule has 0 amide bonds. The summed E-state index contributed by atoms with van der Waals surface area (Å²) in [5.41, 5.74) is 0.540. The Hall–Kier alpha value is -0.0400. The maximum Gasteiger partial charge on any atom is 0.0233 e. The summed E-state index contributed by atoms with van der Waals surface area (Å²) >= 11 is 0. The molecule has 1 aliphatic heterocycles. The summed E-state index contributed by atoms with van der Waals surface area (Å²) in [6, 6.07) is 0. The van der Waals surface area contributed by atoms with Crippen molar-refractivity contribution in [2.24, 2.45) is 11.8 Å². The molecule has 1 N–H and O–H groups in total. The van der Waals surface area contributed by atoms with E-state index in [2.05, 4.69) is 19.2 Å². The molecular weight excluding hydrogens is 146 g/mol. The molecule has 1 saturated heterocycles. The van der Waals surface area contributed by atoms with Crippen molar-refractivity contribution in [2.75, 3.05) is 6.54 Å². The summed E-state index contributed by atoms with van der Waals surface area (Å²) in [4.78, 5) is 0. The molecule has 1 heterocycles. The van der Waals surface area contributed by atoms with Gasteiger partial charge in [0.2, 0.25) is 0 Å². The van der Waals surface area contributed by atoms with Gasteiger partial charge < -0.3 is 5.32 Å². The van der Waals surface area contributed by atoms with E-state index in [0.29, 0.717) is 5.54 Å². The fraction of sp³-hybridized carbons (Fsp3) is 1.00. The van der Waals surface area contributed by atoms with E-state index in [1.54, 1.807) is 0 Å². The van der Waals surface area contributed by atoms with E-state index < -0.39 is 0 Å². The largest absolute Gasteiger partial charge is 0.311 e. The third-order valence-electron chi connectivity index (χ3n) is 4.09. The first-order chi connectivity index (χ1) is 5.76. The molecule has 1 atom stereocenters. The van der Waals surface area contributed by atoms with Gasteiger partial charge in [0, 0.05) is 5.54 Å². The van der Waals surface area contributed by atoms with Crippen molar-refractivity contribution in [3.05, 3.63) is 0 Å². The van der Waals surface area contributed by atoms with Crippen LogP contribution in [-0.2, 0) is 0 Å². The van der Waals surface area contributed by atoms with E-state index in [0.717, 1.165) is 11.8 Å². The summed E-state index contributed by atoms with van der Waals surface area (Å²) in [5, 5.41) is 3.77. The highest BCUT2D eigenvalue weighted by Crippen LogP contribution is 2.44. The second kappa shape index (κ2) is 3.02. The molecule has 0 aromatic heterocycles. The number of rotatable bonds is 2. The molecule has 12 heavy (non-hydrogen) atoms. The van der Waals surface area contributed by atoms with Crippen molar-refractivity contribution in [3.8, 4) is 0 Å². The Bertz CT molecular complexity index is 152. The molecule has 1 saturated carbocycles. The molecule has 2 fully saturated rings. The van der Waals surface area contributed by atoms with E-state index in [-0.39, 0.29) is 0 Å². The Balaban J connectivity index is 2.09. The van der Waals surface area contributed by atoms with Gasteiger partial charge in [-0.2, -0.15) is 0 Å². The number of hydrogen-bond donors (Lipinski definition) is 1. The summed E-state index contributed by atoms with van der Waals surface area (Å²) < 4.78 is 0. The van der Waals surface area contributed by atoms with Gasteiger partial charge in [-0.05, 0) is 44.1 Å². The lowest BCUT2D eigenvalue weighted by Crippen LogP contribution is -2.53. The summed E-state index contributed by atoms with van der Waals surface area (Å²) in [6.45, 7) is 6.03. The highest BCUT2D eigenvalue weighted by Gasteiger charge is 2.45. The molecule has 2 rings (SSSR count). The average Bonchev–Trinajstić information content (AvgIpc) is 2.33. The molecule has 1 heteroatoms. The Kier molecular flexibility index (Phi) is 2.16. The van der Waals surface area contributed by atoms with Crippen LogP contribution in [-0.4, -0.2) is 12.1 Å². The average molecular weight is 167 g/mol. The molecule has 0 aromatic rings. The van der Waals surface area contributed by atoms with E-state index in [9.17, 15) is 0 Å². The summed E-state index contributed by atoms with van der Waals surface area (Å²) in [7, 11) is 0. The third kappa shape index (κ3) is 1.10. The minimum absolute atomic E-state index is 0.540. The van der Waals surface area contributed by atoms with Crippen molar-refractivity contribution < 1.29 is 0 Å². The zero-order valence-corrected chi connectivity index (χ0v) is 8.40. The monoisotopic (exact) mass is 167 g/mol. The van der Waals surface area contributed by atoms with Crippen LogP contribution in [0.4, 0.5) is 0 Å². The fourth-order valence-electron chi connectivity index (χ4n) is 3.03. The molecule has 1 unspecified atom stereocenters. The van der Waals surface area contributed by atoms with E-state index in [1.165, 1.54) is 38.6 Å². The quantitative estimate of drug-likeness (QED) is 0.666. The van der Waals surface area contributed by atoms with Crippen LogP contribution in [0.1, 0.15) is 46.0 Å². The van der Waals surface area contributed by atoms with Crippen LogP contribution in [0.5, 0.6) is 0 Å². The second-order valence-corrected chi connectivity index (χ2v) is 4.85. The van der Waals surface area contributed by atoms with Gasteiger partial charge in [0.05, 0.1) is 0 Å². The van der Waals surface area contributed by atoms with Crippen molar-refractivity contribution in [2.45, 2.75) is 51.5 Å². The second-order valence-electron chi connectivity index (χ2n) is 4.85. The van der Waals surface area contributed by atoms with Crippen LogP contribution in [0.2, 0.25) is 0 Å². The van der Waals surface area contributed by atoms with E-state index >= 15 is 0 Å². The molecular formula is C11H21N. The first-order valence-corrected chi connectivity index (χ1v) is 5.51. The van der Waals surface area contributed by atoms with Crippen LogP contribution in [0, 0.1) is 11.8 Å². The molecule has 0 radical (unpaired) electrons. The van der Waals surface area contributed by atoms with Gasteiger partial charge in [0.1, 0.15) is 0 Å². The first-order valence-electron chi connectivity index (χ1n) is 5.51. The van der Waals surface area contributed by atoms with Crippen molar-refractivity contribution in [1.82, 2.24) is 5.32 Å². The smallest absolute Gasteiger partial charge is 0.0233 e. The van der Waals surface area contributed by atoms with Gasteiger partial charge in [-0.3, -0.25) is 0 Å².